The maximum absolute atomic E-state index is 10.3. The lowest BCUT2D eigenvalue weighted by molar-refractivity contribution is -0.384. The first kappa shape index (κ1) is 10.7. The summed E-state index contributed by atoms with van der Waals surface area (Å²) in [5.74, 6) is 0. The highest BCUT2D eigenvalue weighted by atomic mass is 32.2. The van der Waals surface area contributed by atoms with Crippen molar-refractivity contribution in [2.24, 2.45) is 0 Å². The lowest BCUT2D eigenvalue weighted by Gasteiger charge is -1.94. The number of non-ortho nitro benzene ring substituents is 1. The van der Waals surface area contributed by atoms with Crippen molar-refractivity contribution in [3.05, 3.63) is 45.9 Å². The van der Waals surface area contributed by atoms with Crippen molar-refractivity contribution < 1.29 is 10.0 Å². The molecule has 0 aromatic heterocycles. The molecular formula is C9H9NO3S. The third-order valence-electron chi connectivity index (χ3n) is 1.45. The Morgan fingerprint density at radius 3 is 2.57 bits per heavy atom. The average Bonchev–Trinajstić information content (AvgIpc) is 2.19. The van der Waals surface area contributed by atoms with Crippen molar-refractivity contribution in [2.75, 3.05) is 6.61 Å². The van der Waals surface area contributed by atoms with Gasteiger partial charge in [0.25, 0.3) is 5.69 Å². The van der Waals surface area contributed by atoms with Gasteiger partial charge >= 0.3 is 0 Å². The van der Waals surface area contributed by atoms with E-state index in [2.05, 4.69) is 0 Å². The molecule has 1 N–H and O–H groups in total. The Kier molecular flexibility index (Phi) is 4.15. The molecule has 0 unspecified atom stereocenters. The molecule has 0 atom stereocenters. The van der Waals surface area contributed by atoms with Crippen LogP contribution in [0.4, 0.5) is 5.69 Å². The summed E-state index contributed by atoms with van der Waals surface area (Å²) in [5, 5.41) is 20.5. The first-order chi connectivity index (χ1) is 6.74. The van der Waals surface area contributed by atoms with Gasteiger partial charge in [-0.3, -0.25) is 10.1 Å². The molecule has 1 aromatic rings. The smallest absolute Gasteiger partial charge is 0.269 e. The van der Waals surface area contributed by atoms with Crippen molar-refractivity contribution in [1.82, 2.24) is 0 Å². The van der Waals surface area contributed by atoms with Crippen LogP contribution in [-0.2, 0) is 0 Å². The number of aliphatic hydroxyl groups is 1. The minimum Gasteiger partial charge on any atom is -0.392 e. The fraction of sp³-hybridized carbons (Fsp3) is 0.111. The molecule has 1 rings (SSSR count). The number of rotatable bonds is 4. The first-order valence-electron chi connectivity index (χ1n) is 3.91. The van der Waals surface area contributed by atoms with Gasteiger partial charge in [0, 0.05) is 17.0 Å². The van der Waals surface area contributed by atoms with Gasteiger partial charge in [0.05, 0.1) is 11.5 Å². The fourth-order valence-corrected chi connectivity index (χ4v) is 1.45. The molecule has 0 aliphatic rings. The maximum Gasteiger partial charge on any atom is 0.269 e. The molecule has 0 saturated heterocycles. The van der Waals surface area contributed by atoms with Crippen LogP contribution in [-0.4, -0.2) is 16.6 Å². The highest BCUT2D eigenvalue weighted by molar-refractivity contribution is 8.02. The molecular weight excluding hydrogens is 202 g/mol. The van der Waals surface area contributed by atoms with E-state index in [9.17, 15) is 10.1 Å². The molecule has 0 amide bonds. The highest BCUT2D eigenvalue weighted by Gasteiger charge is 2.02. The Balaban J connectivity index is 2.64. The molecule has 14 heavy (non-hydrogen) atoms. The van der Waals surface area contributed by atoms with Crippen LogP contribution >= 0.6 is 11.8 Å². The van der Waals surface area contributed by atoms with Crippen LogP contribution in [0, 0.1) is 10.1 Å². The highest BCUT2D eigenvalue weighted by Crippen LogP contribution is 2.21. The lowest BCUT2D eigenvalue weighted by atomic mass is 10.3. The predicted octanol–water partition coefficient (Wildman–Crippen LogP) is 2.19. The number of hydrogen-bond donors (Lipinski definition) is 1. The monoisotopic (exact) mass is 211 g/mol. The second-order valence-corrected chi connectivity index (χ2v) is 3.40. The molecule has 4 nitrogen and oxygen atoms in total. The number of aliphatic hydroxyl groups excluding tert-OH is 1. The minimum absolute atomic E-state index is 0.0000185. The Morgan fingerprint density at radius 1 is 1.43 bits per heavy atom. The number of nitro benzene ring substituents is 1. The van der Waals surface area contributed by atoms with Gasteiger partial charge in [0.15, 0.2) is 0 Å². The van der Waals surface area contributed by atoms with Crippen LogP contribution in [0.3, 0.4) is 0 Å². The normalized spacial score (nSPS) is 10.6. The lowest BCUT2D eigenvalue weighted by Crippen LogP contribution is -1.86. The Bertz CT molecular complexity index is 334. The standard InChI is InChI=1S/C9H9NO3S/c11-6-1-7-14-9-4-2-8(3-5-9)10(12)13/h1-5,7,11H,6H2/b7-1+. The van der Waals surface area contributed by atoms with Gasteiger partial charge in [-0.15, -0.1) is 0 Å². The molecule has 0 aliphatic carbocycles. The second-order valence-electron chi connectivity index (χ2n) is 2.42. The van der Waals surface area contributed by atoms with Crippen molar-refractivity contribution in [2.45, 2.75) is 4.90 Å². The van der Waals surface area contributed by atoms with Gasteiger partial charge in [-0.2, -0.15) is 0 Å². The van der Waals surface area contributed by atoms with Crippen LogP contribution in [0.5, 0.6) is 0 Å². The topological polar surface area (TPSA) is 63.4 Å². The summed E-state index contributed by atoms with van der Waals surface area (Å²) in [5.41, 5.74) is 0.0838. The number of thioether (sulfide) groups is 1. The number of nitro groups is 1. The third kappa shape index (κ3) is 3.20. The van der Waals surface area contributed by atoms with E-state index in [1.54, 1.807) is 23.6 Å². The zero-order valence-electron chi connectivity index (χ0n) is 7.29. The quantitative estimate of drug-likeness (QED) is 0.471. The van der Waals surface area contributed by atoms with Crippen LogP contribution in [0.1, 0.15) is 0 Å². The van der Waals surface area contributed by atoms with Gasteiger partial charge in [-0.1, -0.05) is 17.8 Å². The van der Waals surface area contributed by atoms with Crippen molar-refractivity contribution in [1.29, 1.82) is 0 Å². The van der Waals surface area contributed by atoms with Gasteiger partial charge in [0.2, 0.25) is 0 Å². The average molecular weight is 211 g/mol. The zero-order chi connectivity index (χ0) is 10.4. The molecule has 5 heteroatoms. The molecule has 1 aromatic carbocycles. The fourth-order valence-electron chi connectivity index (χ4n) is 0.816. The maximum atomic E-state index is 10.3. The van der Waals surface area contributed by atoms with E-state index >= 15 is 0 Å². The molecule has 0 aliphatic heterocycles. The van der Waals surface area contributed by atoms with Gasteiger partial charge in [-0.25, -0.2) is 0 Å². The summed E-state index contributed by atoms with van der Waals surface area (Å²) in [7, 11) is 0. The summed E-state index contributed by atoms with van der Waals surface area (Å²) in [6.07, 6.45) is 1.60. The van der Waals surface area contributed by atoms with Crippen LogP contribution in [0.15, 0.2) is 40.6 Å². The molecule has 0 bridgehead atoms. The SMILES string of the molecule is O=[N+]([O-])c1ccc(S/C=C/CO)cc1. The Labute approximate surface area is 85.4 Å². The largest absolute Gasteiger partial charge is 0.392 e. The Hall–Kier alpha value is -1.33. The summed E-state index contributed by atoms with van der Waals surface area (Å²) in [6.45, 7) is -0.0000185. The number of nitrogens with zero attached hydrogens (tertiary/aromatic N) is 1. The van der Waals surface area contributed by atoms with E-state index in [-0.39, 0.29) is 12.3 Å². The second kappa shape index (κ2) is 5.41. The van der Waals surface area contributed by atoms with Gasteiger partial charge < -0.3 is 5.11 Å². The van der Waals surface area contributed by atoms with E-state index < -0.39 is 4.92 Å². The predicted molar refractivity (Wildman–Crippen MR) is 55.2 cm³/mol. The number of hydrogen-bond acceptors (Lipinski definition) is 4. The summed E-state index contributed by atoms with van der Waals surface area (Å²) in [4.78, 5) is 10.8. The van der Waals surface area contributed by atoms with Crippen molar-refractivity contribution in [3.8, 4) is 0 Å². The molecule has 0 saturated carbocycles. The third-order valence-corrected chi connectivity index (χ3v) is 2.33. The number of benzene rings is 1. The molecule has 0 radical (unpaired) electrons. The summed E-state index contributed by atoms with van der Waals surface area (Å²) in [6, 6.07) is 6.25. The van der Waals surface area contributed by atoms with Crippen LogP contribution < -0.4 is 0 Å². The van der Waals surface area contributed by atoms with Crippen molar-refractivity contribution in [3.63, 3.8) is 0 Å². The van der Waals surface area contributed by atoms with Crippen LogP contribution in [0.2, 0.25) is 0 Å². The van der Waals surface area contributed by atoms with Crippen LogP contribution in [0.25, 0.3) is 0 Å². The minimum atomic E-state index is -0.433. The van der Waals surface area contributed by atoms with E-state index in [0.717, 1.165) is 4.90 Å². The molecule has 74 valence electrons. The van der Waals surface area contributed by atoms with E-state index in [1.165, 1.54) is 23.9 Å². The van der Waals surface area contributed by atoms with Gasteiger partial charge in [0.1, 0.15) is 0 Å². The van der Waals surface area contributed by atoms with E-state index in [0.29, 0.717) is 0 Å². The summed E-state index contributed by atoms with van der Waals surface area (Å²) < 4.78 is 0. The van der Waals surface area contributed by atoms with E-state index in [1.807, 2.05) is 0 Å². The Morgan fingerprint density at radius 2 is 2.07 bits per heavy atom. The molecule has 0 fully saturated rings. The van der Waals surface area contributed by atoms with Crippen molar-refractivity contribution >= 4 is 17.4 Å². The summed E-state index contributed by atoms with van der Waals surface area (Å²) >= 11 is 1.40. The first-order valence-corrected chi connectivity index (χ1v) is 4.79. The molecule has 0 spiro atoms. The van der Waals surface area contributed by atoms with E-state index in [4.69, 9.17) is 5.11 Å². The zero-order valence-corrected chi connectivity index (χ0v) is 8.11. The van der Waals surface area contributed by atoms with Gasteiger partial charge in [-0.05, 0) is 17.5 Å². The molecule has 0 heterocycles.